The summed E-state index contributed by atoms with van der Waals surface area (Å²) in [5.74, 6) is 0.149. The van der Waals surface area contributed by atoms with Gasteiger partial charge in [-0.25, -0.2) is 4.79 Å². The first kappa shape index (κ1) is 11.8. The fraction of sp³-hybridized carbons (Fsp3) is 0.800. The Morgan fingerprint density at radius 3 is 3.00 bits per heavy atom. The molecule has 0 aromatic heterocycles. The molecule has 1 rings (SSSR count). The fourth-order valence-corrected chi connectivity index (χ4v) is 1.70. The summed E-state index contributed by atoms with van der Waals surface area (Å²) in [6.45, 7) is 5.98. The van der Waals surface area contributed by atoms with E-state index in [1.54, 1.807) is 4.90 Å². The summed E-state index contributed by atoms with van der Waals surface area (Å²) in [6, 6.07) is -0.0133. The zero-order chi connectivity index (χ0) is 11.3. The molecule has 0 aromatic carbocycles. The van der Waals surface area contributed by atoms with Crippen LogP contribution in [0.25, 0.3) is 0 Å². The van der Waals surface area contributed by atoms with Gasteiger partial charge in [0.1, 0.15) is 0 Å². The number of nitrogens with one attached hydrogen (secondary N) is 1. The second kappa shape index (κ2) is 5.58. The molecule has 1 saturated heterocycles. The Morgan fingerprint density at radius 2 is 2.47 bits per heavy atom. The molecule has 0 bridgehead atoms. The fourth-order valence-electron chi connectivity index (χ4n) is 1.70. The topological polar surface area (TPSA) is 64.9 Å². The molecule has 2 N–H and O–H groups in total. The Morgan fingerprint density at radius 1 is 1.73 bits per heavy atom. The van der Waals surface area contributed by atoms with Crippen molar-refractivity contribution < 1.29 is 10.0 Å². The van der Waals surface area contributed by atoms with Crippen LogP contribution in [0.4, 0.5) is 4.79 Å². The number of carbonyl (C=O) groups excluding carboxylic acids is 1. The van der Waals surface area contributed by atoms with Crippen molar-refractivity contribution in [2.75, 3.05) is 19.6 Å². The first-order chi connectivity index (χ1) is 7.19. The Kier molecular flexibility index (Phi) is 4.39. The third-order valence-corrected chi connectivity index (χ3v) is 2.64. The highest BCUT2D eigenvalue weighted by molar-refractivity contribution is 5.88. The van der Waals surface area contributed by atoms with Gasteiger partial charge < -0.3 is 15.4 Å². The molecule has 0 aromatic rings. The molecule has 1 aliphatic rings. The quantitative estimate of drug-likeness (QED) is 0.536. The molecule has 0 saturated carbocycles. The van der Waals surface area contributed by atoms with Gasteiger partial charge in [-0.2, -0.15) is 0 Å². The summed E-state index contributed by atoms with van der Waals surface area (Å²) in [5, 5.41) is 14.8. The first-order valence-electron chi connectivity index (χ1n) is 5.42. The molecule has 0 aliphatic carbocycles. The molecular formula is C10H19N3O2. The molecule has 1 heterocycles. The minimum absolute atomic E-state index is 0.0133. The van der Waals surface area contributed by atoms with Gasteiger partial charge in [-0.1, -0.05) is 19.0 Å². The van der Waals surface area contributed by atoms with Crippen molar-refractivity contribution in [3.63, 3.8) is 0 Å². The lowest BCUT2D eigenvalue weighted by Crippen LogP contribution is -2.47. The molecule has 2 amide bonds. The summed E-state index contributed by atoms with van der Waals surface area (Å²) >= 11 is 0. The molecular weight excluding hydrogens is 194 g/mol. The predicted molar refractivity (Wildman–Crippen MR) is 58.3 cm³/mol. The van der Waals surface area contributed by atoms with Crippen LogP contribution >= 0.6 is 0 Å². The van der Waals surface area contributed by atoms with E-state index in [2.05, 4.69) is 10.5 Å². The Balaban J connectivity index is 2.43. The van der Waals surface area contributed by atoms with E-state index in [-0.39, 0.29) is 11.9 Å². The van der Waals surface area contributed by atoms with Crippen LogP contribution in [-0.2, 0) is 0 Å². The Labute approximate surface area is 90.1 Å². The molecule has 1 atom stereocenters. The number of hydrogen-bond acceptors (Lipinski definition) is 3. The summed E-state index contributed by atoms with van der Waals surface area (Å²) < 4.78 is 0. The van der Waals surface area contributed by atoms with E-state index in [1.165, 1.54) is 0 Å². The van der Waals surface area contributed by atoms with Crippen LogP contribution in [0.15, 0.2) is 5.16 Å². The summed E-state index contributed by atoms with van der Waals surface area (Å²) in [7, 11) is 0. The Hall–Kier alpha value is -1.26. The third-order valence-electron chi connectivity index (χ3n) is 2.64. The monoisotopic (exact) mass is 213 g/mol. The predicted octanol–water partition coefficient (Wildman–Crippen LogP) is 1.28. The van der Waals surface area contributed by atoms with Crippen LogP contribution in [-0.4, -0.2) is 41.5 Å². The Bertz CT molecular complexity index is 253. The number of piperidine rings is 1. The van der Waals surface area contributed by atoms with Gasteiger partial charge in [0.25, 0.3) is 0 Å². The minimum atomic E-state index is -0.0133. The van der Waals surface area contributed by atoms with Gasteiger partial charge in [0.05, 0.1) is 5.71 Å². The van der Waals surface area contributed by atoms with Gasteiger partial charge in [-0.15, -0.1) is 0 Å². The van der Waals surface area contributed by atoms with Crippen LogP contribution in [0.2, 0.25) is 0 Å². The van der Waals surface area contributed by atoms with Crippen LogP contribution < -0.4 is 5.32 Å². The molecule has 5 nitrogen and oxygen atoms in total. The lowest BCUT2D eigenvalue weighted by Gasteiger charge is -2.31. The number of amides is 2. The smallest absolute Gasteiger partial charge is 0.317 e. The minimum Gasteiger partial charge on any atom is -0.411 e. The summed E-state index contributed by atoms with van der Waals surface area (Å²) in [6.07, 6.45) is 1.61. The third kappa shape index (κ3) is 3.11. The molecule has 5 heteroatoms. The van der Waals surface area contributed by atoms with E-state index < -0.39 is 0 Å². The average Bonchev–Trinajstić information content (AvgIpc) is 2.25. The zero-order valence-corrected chi connectivity index (χ0v) is 9.36. The highest BCUT2D eigenvalue weighted by Gasteiger charge is 2.25. The number of hydrogen-bond donors (Lipinski definition) is 2. The average molecular weight is 213 g/mol. The van der Waals surface area contributed by atoms with Crippen molar-refractivity contribution in [1.29, 1.82) is 0 Å². The van der Waals surface area contributed by atoms with E-state index in [9.17, 15) is 4.79 Å². The van der Waals surface area contributed by atoms with Crippen molar-refractivity contribution in [2.24, 2.45) is 11.1 Å². The van der Waals surface area contributed by atoms with Gasteiger partial charge in [-0.3, -0.25) is 0 Å². The maximum absolute atomic E-state index is 11.6. The SMILES string of the molecule is CCCNC(=O)N1CCC(=NO)C(C)C1. The highest BCUT2D eigenvalue weighted by Crippen LogP contribution is 2.13. The molecule has 0 radical (unpaired) electrons. The van der Waals surface area contributed by atoms with Crippen LogP contribution in [0.3, 0.4) is 0 Å². The van der Waals surface area contributed by atoms with Gasteiger partial charge in [0, 0.05) is 32.0 Å². The number of nitrogens with zero attached hydrogens (tertiary/aromatic N) is 2. The number of oxime groups is 1. The number of carbonyl (C=O) groups is 1. The molecule has 0 spiro atoms. The van der Waals surface area contributed by atoms with Gasteiger partial charge >= 0.3 is 6.03 Å². The van der Waals surface area contributed by atoms with Gasteiger partial charge in [-0.05, 0) is 6.42 Å². The molecule has 15 heavy (non-hydrogen) atoms. The standard InChI is InChI=1S/C10H19N3O2/c1-3-5-11-10(14)13-6-4-9(12-15)8(2)7-13/h8,15H,3-7H2,1-2H3,(H,11,14). The summed E-state index contributed by atoms with van der Waals surface area (Å²) in [4.78, 5) is 13.4. The lowest BCUT2D eigenvalue weighted by atomic mass is 9.98. The van der Waals surface area contributed by atoms with E-state index in [1.807, 2.05) is 13.8 Å². The van der Waals surface area contributed by atoms with Crippen molar-refractivity contribution in [1.82, 2.24) is 10.2 Å². The molecule has 1 fully saturated rings. The van der Waals surface area contributed by atoms with Crippen molar-refractivity contribution in [3.8, 4) is 0 Å². The molecule has 1 unspecified atom stereocenters. The van der Waals surface area contributed by atoms with Crippen LogP contribution in [0.5, 0.6) is 0 Å². The van der Waals surface area contributed by atoms with E-state index >= 15 is 0 Å². The van der Waals surface area contributed by atoms with Crippen molar-refractivity contribution >= 4 is 11.7 Å². The van der Waals surface area contributed by atoms with E-state index in [0.29, 0.717) is 26.1 Å². The number of urea groups is 1. The zero-order valence-electron chi connectivity index (χ0n) is 9.36. The first-order valence-corrected chi connectivity index (χ1v) is 5.42. The van der Waals surface area contributed by atoms with Crippen molar-refractivity contribution in [2.45, 2.75) is 26.7 Å². The maximum atomic E-state index is 11.6. The highest BCUT2D eigenvalue weighted by atomic mass is 16.4. The maximum Gasteiger partial charge on any atom is 0.317 e. The largest absolute Gasteiger partial charge is 0.411 e. The van der Waals surface area contributed by atoms with Gasteiger partial charge in [0.15, 0.2) is 0 Å². The normalized spacial score (nSPS) is 24.3. The molecule has 1 aliphatic heterocycles. The number of likely N-dealkylation sites (tertiary alicyclic amines) is 1. The lowest BCUT2D eigenvalue weighted by molar-refractivity contribution is 0.189. The van der Waals surface area contributed by atoms with Gasteiger partial charge in [0.2, 0.25) is 0 Å². The van der Waals surface area contributed by atoms with E-state index in [0.717, 1.165) is 12.1 Å². The number of rotatable bonds is 2. The van der Waals surface area contributed by atoms with Crippen LogP contribution in [0.1, 0.15) is 26.7 Å². The summed E-state index contributed by atoms with van der Waals surface area (Å²) in [5.41, 5.74) is 0.787. The van der Waals surface area contributed by atoms with Crippen LogP contribution in [0, 0.1) is 5.92 Å². The van der Waals surface area contributed by atoms with E-state index in [4.69, 9.17) is 5.21 Å². The second-order valence-corrected chi connectivity index (χ2v) is 3.92. The second-order valence-electron chi connectivity index (χ2n) is 3.92. The molecule has 86 valence electrons. The van der Waals surface area contributed by atoms with Crippen molar-refractivity contribution in [3.05, 3.63) is 0 Å².